The summed E-state index contributed by atoms with van der Waals surface area (Å²) < 4.78 is 5.25. The fourth-order valence-electron chi connectivity index (χ4n) is 2.72. The van der Waals surface area contributed by atoms with E-state index in [1.54, 1.807) is 7.11 Å². The van der Waals surface area contributed by atoms with Crippen molar-refractivity contribution in [3.05, 3.63) is 41.5 Å². The number of fused-ring (bicyclic) bond motifs is 1. The van der Waals surface area contributed by atoms with Crippen LogP contribution in [0.5, 0.6) is 5.75 Å². The third-order valence-electron chi connectivity index (χ3n) is 4.15. The van der Waals surface area contributed by atoms with Crippen LogP contribution in [0.25, 0.3) is 10.8 Å². The molecule has 0 spiro atoms. The molecule has 0 saturated carbocycles. The minimum Gasteiger partial charge on any atom is -0.497 e. The Kier molecular flexibility index (Phi) is 6.97. The van der Waals surface area contributed by atoms with Gasteiger partial charge in [0.2, 0.25) is 5.91 Å². The number of methoxy groups -OCH3 is 1. The van der Waals surface area contributed by atoms with Crippen LogP contribution in [-0.2, 0) is 4.79 Å². The molecule has 6 heteroatoms. The van der Waals surface area contributed by atoms with Gasteiger partial charge in [-0.05, 0) is 46.9 Å². The van der Waals surface area contributed by atoms with Crippen LogP contribution in [0.2, 0.25) is 0 Å². The number of ether oxygens (including phenoxy) is 1. The average Bonchev–Trinajstić information content (AvgIpc) is 2.64. The first-order valence-electron chi connectivity index (χ1n) is 8.73. The molecular weight excluding hydrogens is 332 g/mol. The van der Waals surface area contributed by atoms with E-state index in [-0.39, 0.29) is 30.9 Å². The predicted molar refractivity (Wildman–Crippen MR) is 102 cm³/mol. The van der Waals surface area contributed by atoms with Crippen LogP contribution < -0.4 is 15.4 Å². The number of aliphatic hydroxyl groups excluding tert-OH is 1. The van der Waals surface area contributed by atoms with Gasteiger partial charge in [-0.25, -0.2) is 0 Å². The summed E-state index contributed by atoms with van der Waals surface area (Å²) in [5.74, 6) is 0.334. The molecule has 6 nitrogen and oxygen atoms in total. The number of hydrogen-bond donors (Lipinski definition) is 3. The molecule has 0 heterocycles. The Balaban J connectivity index is 2.21. The van der Waals surface area contributed by atoms with Crippen molar-refractivity contribution in [2.75, 3.05) is 26.8 Å². The average molecular weight is 358 g/mol. The monoisotopic (exact) mass is 358 g/mol. The fraction of sp³-hybridized carbons (Fsp3) is 0.400. The van der Waals surface area contributed by atoms with Crippen LogP contribution in [0.1, 0.15) is 42.1 Å². The van der Waals surface area contributed by atoms with Gasteiger partial charge in [0.05, 0.1) is 13.7 Å². The number of rotatable bonds is 8. The molecule has 0 atom stereocenters. The molecule has 0 bridgehead atoms. The summed E-state index contributed by atoms with van der Waals surface area (Å²) in [5, 5.41) is 16.0. The molecule has 140 valence electrons. The van der Waals surface area contributed by atoms with E-state index in [9.17, 15) is 9.59 Å². The van der Waals surface area contributed by atoms with Gasteiger partial charge in [-0.2, -0.15) is 0 Å². The minimum absolute atomic E-state index is 0.0188. The molecule has 0 aliphatic heterocycles. The van der Waals surface area contributed by atoms with Gasteiger partial charge in [0.1, 0.15) is 5.75 Å². The standard InChI is InChI=1S/C20H26N2O4/c1-13(2)17-10-14-5-6-16(26-3)9-15(14)11-18(17)20(25)22-12-19(24)21-7-4-8-23/h5-6,9-11,13,23H,4,7-8,12H2,1-3H3,(H,21,24)(H,22,25). The largest absolute Gasteiger partial charge is 0.497 e. The molecule has 0 aliphatic rings. The molecular formula is C20H26N2O4. The van der Waals surface area contributed by atoms with Crippen LogP contribution in [0, 0.1) is 0 Å². The second-order valence-electron chi connectivity index (χ2n) is 6.42. The lowest BCUT2D eigenvalue weighted by molar-refractivity contribution is -0.120. The van der Waals surface area contributed by atoms with Crippen LogP contribution in [0.3, 0.4) is 0 Å². The number of carbonyl (C=O) groups is 2. The Morgan fingerprint density at radius 2 is 1.88 bits per heavy atom. The van der Waals surface area contributed by atoms with Crippen molar-refractivity contribution in [2.24, 2.45) is 0 Å². The van der Waals surface area contributed by atoms with Gasteiger partial charge in [0, 0.05) is 18.7 Å². The van der Waals surface area contributed by atoms with Crippen LogP contribution in [0.15, 0.2) is 30.3 Å². The summed E-state index contributed by atoms with van der Waals surface area (Å²) >= 11 is 0. The highest BCUT2D eigenvalue weighted by Gasteiger charge is 2.16. The van der Waals surface area contributed by atoms with E-state index in [0.717, 1.165) is 22.1 Å². The van der Waals surface area contributed by atoms with Gasteiger partial charge in [0.25, 0.3) is 5.91 Å². The van der Waals surface area contributed by atoms with E-state index >= 15 is 0 Å². The molecule has 0 saturated heterocycles. The third kappa shape index (κ3) is 4.95. The van der Waals surface area contributed by atoms with Crippen molar-refractivity contribution >= 4 is 22.6 Å². The summed E-state index contributed by atoms with van der Waals surface area (Å²) in [6, 6.07) is 9.60. The molecule has 26 heavy (non-hydrogen) atoms. The topological polar surface area (TPSA) is 87.7 Å². The Hall–Kier alpha value is -2.60. The van der Waals surface area contributed by atoms with Gasteiger partial charge in [-0.15, -0.1) is 0 Å². The molecule has 2 aromatic carbocycles. The second kappa shape index (κ2) is 9.20. The SMILES string of the molecule is COc1ccc2cc(C(C)C)c(C(=O)NCC(=O)NCCCO)cc2c1. The fourth-order valence-corrected chi connectivity index (χ4v) is 2.72. The number of aliphatic hydroxyl groups is 1. The van der Waals surface area contributed by atoms with E-state index in [1.165, 1.54) is 0 Å². The van der Waals surface area contributed by atoms with E-state index in [2.05, 4.69) is 10.6 Å². The van der Waals surface area contributed by atoms with Gasteiger partial charge < -0.3 is 20.5 Å². The number of nitrogens with one attached hydrogen (secondary N) is 2. The highest BCUT2D eigenvalue weighted by Crippen LogP contribution is 2.28. The Bertz CT molecular complexity index is 787. The zero-order valence-corrected chi connectivity index (χ0v) is 15.5. The zero-order valence-electron chi connectivity index (χ0n) is 15.5. The molecule has 0 unspecified atom stereocenters. The molecule has 2 aromatic rings. The van der Waals surface area contributed by atoms with Gasteiger partial charge >= 0.3 is 0 Å². The maximum Gasteiger partial charge on any atom is 0.252 e. The van der Waals surface area contributed by atoms with E-state index in [4.69, 9.17) is 9.84 Å². The van der Waals surface area contributed by atoms with E-state index in [0.29, 0.717) is 18.5 Å². The molecule has 0 aliphatic carbocycles. The minimum atomic E-state index is -0.282. The van der Waals surface area contributed by atoms with Crippen LogP contribution in [-0.4, -0.2) is 43.7 Å². The summed E-state index contributed by atoms with van der Waals surface area (Å²) in [5.41, 5.74) is 1.49. The summed E-state index contributed by atoms with van der Waals surface area (Å²) in [7, 11) is 1.60. The molecule has 0 fully saturated rings. The lowest BCUT2D eigenvalue weighted by Crippen LogP contribution is -2.37. The van der Waals surface area contributed by atoms with Crippen molar-refractivity contribution in [1.82, 2.24) is 10.6 Å². The maximum absolute atomic E-state index is 12.6. The molecule has 0 radical (unpaired) electrons. The van der Waals surface area contributed by atoms with Crippen molar-refractivity contribution in [2.45, 2.75) is 26.2 Å². The van der Waals surface area contributed by atoms with Crippen molar-refractivity contribution in [3.8, 4) is 5.75 Å². The lowest BCUT2D eigenvalue weighted by Gasteiger charge is -2.15. The summed E-state index contributed by atoms with van der Waals surface area (Å²) in [6.07, 6.45) is 0.490. The van der Waals surface area contributed by atoms with Gasteiger partial charge in [0.15, 0.2) is 0 Å². The van der Waals surface area contributed by atoms with Crippen molar-refractivity contribution in [1.29, 1.82) is 0 Å². The highest BCUT2D eigenvalue weighted by atomic mass is 16.5. The van der Waals surface area contributed by atoms with E-state index < -0.39 is 0 Å². The Morgan fingerprint density at radius 1 is 1.12 bits per heavy atom. The molecule has 2 amide bonds. The van der Waals surface area contributed by atoms with Crippen molar-refractivity contribution < 1.29 is 19.4 Å². The number of amides is 2. The third-order valence-corrected chi connectivity index (χ3v) is 4.15. The summed E-state index contributed by atoms with van der Waals surface area (Å²) in [6.45, 7) is 4.37. The first kappa shape index (κ1) is 19.7. The van der Waals surface area contributed by atoms with E-state index in [1.807, 2.05) is 44.2 Å². The molecule has 2 rings (SSSR count). The predicted octanol–water partition coefficient (Wildman–Crippen LogP) is 2.20. The Labute approximate surface area is 153 Å². The first-order chi connectivity index (χ1) is 12.5. The Morgan fingerprint density at radius 3 is 2.54 bits per heavy atom. The number of carbonyl (C=O) groups excluding carboxylic acids is 2. The van der Waals surface area contributed by atoms with Crippen molar-refractivity contribution in [3.63, 3.8) is 0 Å². The van der Waals surface area contributed by atoms with Crippen LogP contribution in [0.4, 0.5) is 0 Å². The number of benzene rings is 2. The molecule has 0 aromatic heterocycles. The van der Waals surface area contributed by atoms with Gasteiger partial charge in [-0.1, -0.05) is 26.0 Å². The van der Waals surface area contributed by atoms with Gasteiger partial charge in [-0.3, -0.25) is 9.59 Å². The molecule has 3 N–H and O–H groups in total. The smallest absolute Gasteiger partial charge is 0.252 e. The lowest BCUT2D eigenvalue weighted by atomic mass is 9.93. The first-order valence-corrected chi connectivity index (χ1v) is 8.73. The quantitative estimate of drug-likeness (QED) is 0.631. The normalized spacial score (nSPS) is 10.8. The summed E-state index contributed by atoms with van der Waals surface area (Å²) in [4.78, 5) is 24.4. The second-order valence-corrected chi connectivity index (χ2v) is 6.42. The number of hydrogen-bond acceptors (Lipinski definition) is 4. The highest BCUT2D eigenvalue weighted by molar-refractivity contribution is 6.02. The maximum atomic E-state index is 12.6. The van der Waals surface area contributed by atoms with Crippen LogP contribution >= 0.6 is 0 Å². The zero-order chi connectivity index (χ0) is 19.1.